The van der Waals surface area contributed by atoms with Crippen molar-refractivity contribution in [2.45, 2.75) is 38.0 Å². The molecule has 5 heteroatoms. The Morgan fingerprint density at radius 1 is 1.16 bits per heavy atom. The summed E-state index contributed by atoms with van der Waals surface area (Å²) in [6, 6.07) is 12.1. The van der Waals surface area contributed by atoms with E-state index in [1.165, 1.54) is 4.88 Å². The van der Waals surface area contributed by atoms with E-state index in [1.807, 2.05) is 37.3 Å². The lowest BCUT2D eigenvalue weighted by atomic mass is 9.83. The maximum absolute atomic E-state index is 13.2. The Balaban J connectivity index is 1.60. The number of nitrogens with zero attached hydrogens (tertiary/aromatic N) is 1. The van der Waals surface area contributed by atoms with Crippen LogP contribution in [0.25, 0.3) is 11.3 Å². The molecule has 1 saturated carbocycles. The highest BCUT2D eigenvalue weighted by molar-refractivity contribution is 7.10. The van der Waals surface area contributed by atoms with Crippen molar-refractivity contribution in [1.82, 2.24) is 4.98 Å². The van der Waals surface area contributed by atoms with Crippen LogP contribution in [0.4, 0.5) is 5.69 Å². The Kier molecular flexibility index (Phi) is 4.44. The topological polar surface area (TPSA) is 42.0 Å². The van der Waals surface area contributed by atoms with E-state index in [1.54, 1.807) is 22.7 Å². The molecule has 128 valence electrons. The third-order valence-corrected chi connectivity index (χ3v) is 6.77. The van der Waals surface area contributed by atoms with Gasteiger partial charge in [-0.2, -0.15) is 0 Å². The van der Waals surface area contributed by atoms with E-state index in [2.05, 4.69) is 27.1 Å². The summed E-state index contributed by atoms with van der Waals surface area (Å²) in [6.45, 7) is 2.00. The fourth-order valence-electron chi connectivity index (χ4n) is 3.62. The molecule has 3 aromatic rings. The van der Waals surface area contributed by atoms with E-state index in [0.717, 1.165) is 47.6 Å². The third kappa shape index (κ3) is 3.14. The molecule has 3 nitrogen and oxygen atoms in total. The summed E-state index contributed by atoms with van der Waals surface area (Å²) in [5.41, 5.74) is 2.49. The molecule has 1 aliphatic rings. The predicted octanol–water partition coefficient (Wildman–Crippen LogP) is 5.63. The summed E-state index contributed by atoms with van der Waals surface area (Å²) >= 11 is 3.33. The van der Waals surface area contributed by atoms with Crippen LogP contribution in [0.15, 0.2) is 47.2 Å². The molecule has 0 spiro atoms. The molecule has 4 rings (SSSR count). The van der Waals surface area contributed by atoms with Crippen molar-refractivity contribution in [3.8, 4) is 11.3 Å². The summed E-state index contributed by atoms with van der Waals surface area (Å²) in [4.78, 5) is 18.9. The number of thiophene rings is 1. The lowest BCUT2D eigenvalue weighted by Crippen LogP contribution is -2.37. The first kappa shape index (κ1) is 16.5. The number of hydrogen-bond donors (Lipinski definition) is 1. The minimum atomic E-state index is -0.360. The molecule has 0 aliphatic heterocycles. The summed E-state index contributed by atoms with van der Waals surface area (Å²) in [7, 11) is 0. The second-order valence-corrected chi connectivity index (χ2v) is 8.56. The lowest BCUT2D eigenvalue weighted by molar-refractivity contribution is -0.121. The molecule has 0 saturated heterocycles. The quantitative estimate of drug-likeness (QED) is 0.648. The number of aryl methyl sites for hydroxylation is 1. The average Bonchev–Trinajstić information content (AvgIpc) is 3.36. The molecule has 2 aromatic heterocycles. The van der Waals surface area contributed by atoms with Crippen molar-refractivity contribution >= 4 is 34.3 Å². The van der Waals surface area contributed by atoms with E-state index in [0.29, 0.717) is 0 Å². The molecule has 2 heterocycles. The zero-order valence-corrected chi connectivity index (χ0v) is 15.8. The van der Waals surface area contributed by atoms with Crippen LogP contribution in [-0.4, -0.2) is 10.9 Å². The van der Waals surface area contributed by atoms with Crippen LogP contribution in [-0.2, 0) is 10.2 Å². The number of aromatic nitrogens is 1. The summed E-state index contributed by atoms with van der Waals surface area (Å²) in [5.74, 6) is 0.124. The van der Waals surface area contributed by atoms with Gasteiger partial charge in [0.05, 0.1) is 16.1 Å². The number of anilines is 1. The molecule has 1 amide bonds. The van der Waals surface area contributed by atoms with Crippen molar-refractivity contribution in [3.63, 3.8) is 0 Å². The largest absolute Gasteiger partial charge is 0.325 e. The second-order valence-electron chi connectivity index (χ2n) is 6.55. The highest BCUT2D eigenvalue weighted by Gasteiger charge is 2.43. The summed E-state index contributed by atoms with van der Waals surface area (Å²) in [6.07, 6.45) is 4.10. The van der Waals surface area contributed by atoms with Crippen LogP contribution in [0.1, 0.15) is 35.6 Å². The summed E-state index contributed by atoms with van der Waals surface area (Å²) in [5, 5.41) is 8.34. The normalized spacial score (nSPS) is 16.0. The van der Waals surface area contributed by atoms with Gasteiger partial charge in [0.1, 0.15) is 0 Å². The molecule has 1 N–H and O–H groups in total. The van der Waals surface area contributed by atoms with Gasteiger partial charge in [-0.3, -0.25) is 4.79 Å². The second kappa shape index (κ2) is 6.73. The molecule has 1 fully saturated rings. The van der Waals surface area contributed by atoms with Gasteiger partial charge in [-0.25, -0.2) is 4.98 Å². The fourth-order valence-corrected chi connectivity index (χ4v) is 5.22. The molecule has 0 unspecified atom stereocenters. The predicted molar refractivity (Wildman–Crippen MR) is 105 cm³/mol. The van der Waals surface area contributed by atoms with Gasteiger partial charge in [0, 0.05) is 21.5 Å². The van der Waals surface area contributed by atoms with Gasteiger partial charge in [-0.1, -0.05) is 31.0 Å². The number of benzene rings is 1. The van der Waals surface area contributed by atoms with Gasteiger partial charge in [0.2, 0.25) is 5.91 Å². The van der Waals surface area contributed by atoms with Crippen LogP contribution in [0.3, 0.4) is 0 Å². The molecule has 0 atom stereocenters. The molecular formula is C20H20N2OS2. The van der Waals surface area contributed by atoms with Crippen molar-refractivity contribution in [2.24, 2.45) is 0 Å². The van der Waals surface area contributed by atoms with Gasteiger partial charge >= 0.3 is 0 Å². The Bertz CT molecular complexity index is 877. The van der Waals surface area contributed by atoms with Gasteiger partial charge in [0.15, 0.2) is 0 Å². The van der Waals surface area contributed by atoms with Gasteiger partial charge in [0.25, 0.3) is 0 Å². The number of carbonyl (C=O) groups excluding carboxylic acids is 1. The molecule has 1 aromatic carbocycles. The first-order valence-corrected chi connectivity index (χ1v) is 10.3. The van der Waals surface area contributed by atoms with Gasteiger partial charge in [-0.15, -0.1) is 22.7 Å². The van der Waals surface area contributed by atoms with Crippen LogP contribution in [0.5, 0.6) is 0 Å². The maximum atomic E-state index is 13.2. The van der Waals surface area contributed by atoms with Crippen molar-refractivity contribution in [2.75, 3.05) is 5.32 Å². The Morgan fingerprint density at radius 3 is 2.68 bits per heavy atom. The zero-order valence-electron chi connectivity index (χ0n) is 14.1. The Labute approximate surface area is 155 Å². The minimum absolute atomic E-state index is 0.124. The molecule has 25 heavy (non-hydrogen) atoms. The van der Waals surface area contributed by atoms with E-state index in [-0.39, 0.29) is 11.3 Å². The zero-order chi connectivity index (χ0) is 17.3. The molecular weight excluding hydrogens is 348 g/mol. The Hall–Kier alpha value is -1.98. The fraction of sp³-hybridized carbons (Fsp3) is 0.300. The van der Waals surface area contributed by atoms with Crippen molar-refractivity contribution in [1.29, 1.82) is 0 Å². The standard InChI is InChI=1S/C20H20N2OS2/c1-14-21-17(13-25-14)15-6-4-7-16(12-15)22-19(23)20(9-2-3-10-20)18-8-5-11-24-18/h4-8,11-13H,2-3,9-10H2,1H3,(H,22,23). The highest BCUT2D eigenvalue weighted by atomic mass is 32.1. The summed E-state index contributed by atoms with van der Waals surface area (Å²) < 4.78 is 0. The lowest BCUT2D eigenvalue weighted by Gasteiger charge is -2.26. The molecule has 1 aliphatic carbocycles. The van der Waals surface area contributed by atoms with E-state index in [4.69, 9.17) is 0 Å². The average molecular weight is 369 g/mol. The number of hydrogen-bond acceptors (Lipinski definition) is 4. The SMILES string of the molecule is Cc1nc(-c2cccc(NC(=O)C3(c4cccs4)CCCC3)c2)cs1. The number of amides is 1. The third-order valence-electron chi connectivity index (χ3n) is 4.92. The molecule has 0 bridgehead atoms. The minimum Gasteiger partial charge on any atom is -0.325 e. The first-order chi connectivity index (χ1) is 12.2. The highest BCUT2D eigenvalue weighted by Crippen LogP contribution is 2.44. The van der Waals surface area contributed by atoms with Crippen LogP contribution < -0.4 is 5.32 Å². The number of rotatable bonds is 4. The molecule has 0 radical (unpaired) electrons. The Morgan fingerprint density at radius 2 is 2.00 bits per heavy atom. The van der Waals surface area contributed by atoms with Crippen LogP contribution in [0, 0.1) is 6.92 Å². The van der Waals surface area contributed by atoms with Crippen LogP contribution in [0.2, 0.25) is 0 Å². The van der Waals surface area contributed by atoms with E-state index in [9.17, 15) is 4.79 Å². The van der Waals surface area contributed by atoms with Gasteiger partial charge in [-0.05, 0) is 43.3 Å². The van der Waals surface area contributed by atoms with Crippen molar-refractivity contribution < 1.29 is 4.79 Å². The van der Waals surface area contributed by atoms with Gasteiger partial charge < -0.3 is 5.32 Å². The first-order valence-electron chi connectivity index (χ1n) is 8.55. The smallest absolute Gasteiger partial charge is 0.235 e. The number of nitrogens with one attached hydrogen (secondary N) is 1. The number of thiazole rings is 1. The van der Waals surface area contributed by atoms with E-state index >= 15 is 0 Å². The maximum Gasteiger partial charge on any atom is 0.235 e. The van der Waals surface area contributed by atoms with Crippen LogP contribution >= 0.6 is 22.7 Å². The van der Waals surface area contributed by atoms with Crippen molar-refractivity contribution in [3.05, 3.63) is 57.0 Å². The monoisotopic (exact) mass is 368 g/mol. The van der Waals surface area contributed by atoms with E-state index < -0.39 is 0 Å². The number of carbonyl (C=O) groups is 1.